The van der Waals surface area contributed by atoms with Crippen LogP contribution in [0.1, 0.15) is 18.9 Å². The zero-order chi connectivity index (χ0) is 10.8. The van der Waals surface area contributed by atoms with Gasteiger partial charge in [-0.1, -0.05) is 6.07 Å². The topological polar surface area (TPSA) is 29.9 Å². The molecule has 0 bridgehead atoms. The molecular formula is C12H15N3S. The molecule has 0 aromatic carbocycles. The summed E-state index contributed by atoms with van der Waals surface area (Å²) >= 11 is 1.74. The van der Waals surface area contributed by atoms with E-state index in [1.54, 1.807) is 11.3 Å². The summed E-state index contributed by atoms with van der Waals surface area (Å²) in [7, 11) is 0. The number of rotatable bonds is 2. The molecule has 1 fully saturated rings. The monoisotopic (exact) mass is 233 g/mol. The Balaban J connectivity index is 1.82. The Morgan fingerprint density at radius 2 is 2.44 bits per heavy atom. The number of piperidine rings is 1. The zero-order valence-electron chi connectivity index (χ0n) is 9.10. The highest BCUT2D eigenvalue weighted by Gasteiger charge is 2.15. The van der Waals surface area contributed by atoms with E-state index in [0.29, 0.717) is 6.04 Å². The highest BCUT2D eigenvalue weighted by Crippen LogP contribution is 2.24. The first-order valence-corrected chi connectivity index (χ1v) is 6.61. The average Bonchev–Trinajstić information content (AvgIpc) is 3.01. The highest BCUT2D eigenvalue weighted by atomic mass is 32.1. The molecular weight excluding hydrogens is 218 g/mol. The third kappa shape index (κ3) is 1.90. The molecule has 0 radical (unpaired) electrons. The molecule has 2 aromatic heterocycles. The van der Waals surface area contributed by atoms with Crippen molar-refractivity contribution in [1.82, 2.24) is 15.1 Å². The molecule has 2 aromatic rings. The SMILES string of the molecule is c1csc(-c2ccn([C@H]3CCCNC3)n2)c1. The molecule has 1 atom stereocenters. The molecule has 0 aliphatic carbocycles. The summed E-state index contributed by atoms with van der Waals surface area (Å²) < 4.78 is 2.11. The fourth-order valence-electron chi connectivity index (χ4n) is 2.16. The van der Waals surface area contributed by atoms with E-state index >= 15 is 0 Å². The van der Waals surface area contributed by atoms with Crippen LogP contribution in [0.25, 0.3) is 10.6 Å². The van der Waals surface area contributed by atoms with Crippen molar-refractivity contribution in [2.24, 2.45) is 0 Å². The average molecular weight is 233 g/mol. The standard InChI is InChI=1S/C12H15N3S/c1-3-10(9-13-6-1)15-7-5-11(14-15)12-4-2-8-16-12/h2,4-5,7-8,10,13H,1,3,6,9H2/t10-/m0/s1. The smallest absolute Gasteiger partial charge is 0.102 e. The van der Waals surface area contributed by atoms with E-state index in [9.17, 15) is 0 Å². The molecule has 0 unspecified atom stereocenters. The van der Waals surface area contributed by atoms with Gasteiger partial charge in [-0.25, -0.2) is 0 Å². The second-order valence-electron chi connectivity index (χ2n) is 4.16. The fraction of sp³-hybridized carbons (Fsp3) is 0.417. The molecule has 16 heavy (non-hydrogen) atoms. The summed E-state index contributed by atoms with van der Waals surface area (Å²) in [6.45, 7) is 2.20. The van der Waals surface area contributed by atoms with Gasteiger partial charge in [0.25, 0.3) is 0 Å². The lowest BCUT2D eigenvalue weighted by Gasteiger charge is -2.22. The third-order valence-electron chi connectivity index (χ3n) is 3.03. The molecule has 1 saturated heterocycles. The maximum Gasteiger partial charge on any atom is 0.102 e. The third-order valence-corrected chi connectivity index (χ3v) is 3.92. The molecule has 84 valence electrons. The maximum absolute atomic E-state index is 4.66. The van der Waals surface area contributed by atoms with Gasteiger partial charge in [-0.15, -0.1) is 11.3 Å². The van der Waals surface area contributed by atoms with Crippen molar-refractivity contribution in [1.29, 1.82) is 0 Å². The number of thiophene rings is 1. The van der Waals surface area contributed by atoms with Crippen LogP contribution >= 0.6 is 11.3 Å². The van der Waals surface area contributed by atoms with Crippen molar-refractivity contribution in [3.63, 3.8) is 0 Å². The molecule has 3 heterocycles. The van der Waals surface area contributed by atoms with E-state index in [-0.39, 0.29) is 0 Å². The molecule has 3 nitrogen and oxygen atoms in total. The van der Waals surface area contributed by atoms with Crippen LogP contribution in [0.2, 0.25) is 0 Å². The maximum atomic E-state index is 4.66. The van der Waals surface area contributed by atoms with E-state index in [1.165, 1.54) is 17.7 Å². The van der Waals surface area contributed by atoms with E-state index in [0.717, 1.165) is 18.8 Å². The van der Waals surface area contributed by atoms with E-state index in [1.807, 2.05) is 0 Å². The van der Waals surface area contributed by atoms with E-state index in [4.69, 9.17) is 0 Å². The van der Waals surface area contributed by atoms with Crippen molar-refractivity contribution in [2.75, 3.05) is 13.1 Å². The van der Waals surface area contributed by atoms with Crippen molar-refractivity contribution >= 4 is 11.3 Å². The minimum Gasteiger partial charge on any atom is -0.315 e. The van der Waals surface area contributed by atoms with Crippen LogP contribution in [0.15, 0.2) is 29.8 Å². The molecule has 0 spiro atoms. The highest BCUT2D eigenvalue weighted by molar-refractivity contribution is 7.13. The fourth-order valence-corrected chi connectivity index (χ4v) is 2.85. The Hall–Kier alpha value is -1.13. The Morgan fingerprint density at radius 3 is 3.19 bits per heavy atom. The van der Waals surface area contributed by atoms with Crippen LogP contribution in [0, 0.1) is 0 Å². The molecule has 1 aliphatic heterocycles. The lowest BCUT2D eigenvalue weighted by Crippen LogP contribution is -2.31. The summed E-state index contributed by atoms with van der Waals surface area (Å²) in [6, 6.07) is 6.83. The van der Waals surface area contributed by atoms with Gasteiger partial charge in [0.2, 0.25) is 0 Å². The first-order valence-electron chi connectivity index (χ1n) is 5.73. The van der Waals surface area contributed by atoms with Gasteiger partial charge in [-0.05, 0) is 36.9 Å². The summed E-state index contributed by atoms with van der Waals surface area (Å²) in [4.78, 5) is 1.25. The number of aromatic nitrogens is 2. The lowest BCUT2D eigenvalue weighted by atomic mass is 10.1. The van der Waals surface area contributed by atoms with Gasteiger partial charge in [0.05, 0.1) is 10.9 Å². The number of hydrogen-bond donors (Lipinski definition) is 1. The predicted octanol–water partition coefficient (Wildman–Crippen LogP) is 2.54. The molecule has 4 heteroatoms. The molecule has 1 aliphatic rings. The van der Waals surface area contributed by atoms with Crippen LogP contribution in [0.5, 0.6) is 0 Å². The lowest BCUT2D eigenvalue weighted by molar-refractivity contribution is 0.347. The van der Waals surface area contributed by atoms with Gasteiger partial charge in [0.1, 0.15) is 5.69 Å². The van der Waals surface area contributed by atoms with Crippen molar-refractivity contribution < 1.29 is 0 Å². The van der Waals surface area contributed by atoms with Crippen LogP contribution in [0.3, 0.4) is 0 Å². The Bertz CT molecular complexity index is 441. The predicted molar refractivity (Wildman–Crippen MR) is 66.7 cm³/mol. The van der Waals surface area contributed by atoms with Gasteiger partial charge in [0.15, 0.2) is 0 Å². The quantitative estimate of drug-likeness (QED) is 0.864. The summed E-state index contributed by atoms with van der Waals surface area (Å²) in [5.74, 6) is 0. The largest absolute Gasteiger partial charge is 0.315 e. The summed E-state index contributed by atoms with van der Waals surface area (Å²) in [5.41, 5.74) is 1.10. The van der Waals surface area contributed by atoms with Gasteiger partial charge in [0, 0.05) is 12.7 Å². The van der Waals surface area contributed by atoms with Crippen molar-refractivity contribution in [3.8, 4) is 10.6 Å². The van der Waals surface area contributed by atoms with E-state index in [2.05, 4.69) is 44.9 Å². The minimum atomic E-state index is 0.530. The molecule has 3 rings (SSSR count). The van der Waals surface area contributed by atoms with Crippen LogP contribution in [-0.2, 0) is 0 Å². The van der Waals surface area contributed by atoms with Gasteiger partial charge >= 0.3 is 0 Å². The number of hydrogen-bond acceptors (Lipinski definition) is 3. The Kier molecular flexibility index (Phi) is 2.76. The number of nitrogens with one attached hydrogen (secondary N) is 1. The normalized spacial score (nSPS) is 21.1. The van der Waals surface area contributed by atoms with Crippen molar-refractivity contribution in [3.05, 3.63) is 29.8 Å². The molecule has 0 amide bonds. The van der Waals surface area contributed by atoms with Gasteiger partial charge in [-0.2, -0.15) is 5.10 Å². The van der Waals surface area contributed by atoms with Crippen molar-refractivity contribution in [2.45, 2.75) is 18.9 Å². The Labute approximate surface area is 99.1 Å². The van der Waals surface area contributed by atoms with Crippen LogP contribution in [0.4, 0.5) is 0 Å². The zero-order valence-corrected chi connectivity index (χ0v) is 9.91. The summed E-state index contributed by atoms with van der Waals surface area (Å²) in [5, 5.41) is 10.2. The van der Waals surface area contributed by atoms with Crippen LogP contribution < -0.4 is 5.32 Å². The number of nitrogens with zero attached hydrogens (tertiary/aromatic N) is 2. The Morgan fingerprint density at radius 1 is 1.44 bits per heavy atom. The van der Waals surface area contributed by atoms with E-state index < -0.39 is 0 Å². The molecule has 0 saturated carbocycles. The summed E-state index contributed by atoms with van der Waals surface area (Å²) in [6.07, 6.45) is 4.59. The van der Waals surface area contributed by atoms with Crippen LogP contribution in [-0.4, -0.2) is 22.9 Å². The molecule has 1 N–H and O–H groups in total. The van der Waals surface area contributed by atoms with Gasteiger partial charge < -0.3 is 5.32 Å². The first-order chi connectivity index (χ1) is 7.93. The first kappa shape index (κ1) is 10.1. The minimum absolute atomic E-state index is 0.530. The van der Waals surface area contributed by atoms with Gasteiger partial charge in [-0.3, -0.25) is 4.68 Å². The second-order valence-corrected chi connectivity index (χ2v) is 5.11. The second kappa shape index (κ2) is 4.39.